The van der Waals surface area contributed by atoms with Crippen LogP contribution in [0.3, 0.4) is 0 Å². The van der Waals surface area contributed by atoms with Gasteiger partial charge in [0.2, 0.25) is 0 Å². The first-order valence-electron chi connectivity index (χ1n) is 3.65. The number of aromatic nitrogens is 1. The minimum absolute atomic E-state index is 0.616. The van der Waals surface area contributed by atoms with Crippen LogP contribution in [0.5, 0.6) is 0 Å². The van der Waals surface area contributed by atoms with Crippen molar-refractivity contribution in [3.8, 4) is 0 Å². The molecule has 0 saturated heterocycles. The molecule has 0 amide bonds. The zero-order valence-corrected chi connectivity index (χ0v) is 6.67. The van der Waals surface area contributed by atoms with Gasteiger partial charge in [0.25, 0.3) is 0 Å². The predicted octanol–water partition coefficient (Wildman–Crippen LogP) is 1.87. The van der Waals surface area contributed by atoms with Gasteiger partial charge in [0.15, 0.2) is 0 Å². The molecule has 0 spiro atoms. The maximum absolute atomic E-state index is 5.65. The van der Waals surface area contributed by atoms with Crippen molar-refractivity contribution in [3.63, 3.8) is 0 Å². The van der Waals surface area contributed by atoms with Gasteiger partial charge in [0, 0.05) is 0 Å². The van der Waals surface area contributed by atoms with Crippen molar-refractivity contribution in [1.82, 2.24) is 4.98 Å². The van der Waals surface area contributed by atoms with Crippen LogP contribution in [0.1, 0.15) is 18.2 Å². The highest BCUT2D eigenvalue weighted by Gasteiger charge is 1.96. The summed E-state index contributed by atoms with van der Waals surface area (Å²) in [7, 11) is 0. The molecule has 0 unspecified atom stereocenters. The second-order valence-corrected chi connectivity index (χ2v) is 2.34. The van der Waals surface area contributed by atoms with E-state index in [4.69, 9.17) is 5.73 Å². The van der Waals surface area contributed by atoms with E-state index in [1.807, 2.05) is 12.1 Å². The van der Waals surface area contributed by atoms with Crippen LogP contribution in [-0.4, -0.2) is 4.98 Å². The fourth-order valence-electron chi connectivity index (χ4n) is 0.932. The maximum atomic E-state index is 5.65. The van der Waals surface area contributed by atoms with Gasteiger partial charge in [0.05, 0.1) is 5.69 Å². The quantitative estimate of drug-likeness (QED) is 0.695. The molecule has 0 aliphatic carbocycles. The maximum Gasteiger partial charge on any atom is 0.127 e. The Bertz CT molecular complexity index is 266. The molecule has 0 aromatic carbocycles. The predicted molar refractivity (Wildman–Crippen MR) is 48.1 cm³/mol. The molecule has 0 fully saturated rings. The van der Waals surface area contributed by atoms with Crippen molar-refractivity contribution in [3.05, 3.63) is 30.0 Å². The number of anilines is 1. The standard InChI is InChI=1S/C9H12N2/c1-3-7-5-6-8(4-2)11-9(7)10/h4-6H,2-3H2,1H3,(H2,10,11). The molecule has 0 saturated carbocycles. The fourth-order valence-corrected chi connectivity index (χ4v) is 0.932. The third-order valence-corrected chi connectivity index (χ3v) is 1.62. The summed E-state index contributed by atoms with van der Waals surface area (Å²) in [5, 5.41) is 0. The minimum Gasteiger partial charge on any atom is -0.383 e. The van der Waals surface area contributed by atoms with E-state index in [1.165, 1.54) is 0 Å². The van der Waals surface area contributed by atoms with Crippen molar-refractivity contribution in [2.45, 2.75) is 13.3 Å². The molecule has 0 aliphatic rings. The summed E-state index contributed by atoms with van der Waals surface area (Å²) < 4.78 is 0. The summed E-state index contributed by atoms with van der Waals surface area (Å²) in [6.07, 6.45) is 2.62. The Morgan fingerprint density at radius 1 is 1.64 bits per heavy atom. The Morgan fingerprint density at radius 3 is 2.82 bits per heavy atom. The number of pyridine rings is 1. The monoisotopic (exact) mass is 148 g/mol. The summed E-state index contributed by atoms with van der Waals surface area (Å²) >= 11 is 0. The lowest BCUT2D eigenvalue weighted by Crippen LogP contribution is -1.97. The Kier molecular flexibility index (Phi) is 2.26. The van der Waals surface area contributed by atoms with Gasteiger partial charge in [-0.2, -0.15) is 0 Å². The molecule has 0 aliphatic heterocycles. The van der Waals surface area contributed by atoms with Gasteiger partial charge in [0.1, 0.15) is 5.82 Å². The molecule has 1 aromatic heterocycles. The van der Waals surface area contributed by atoms with Crippen molar-refractivity contribution in [2.75, 3.05) is 5.73 Å². The number of aryl methyl sites for hydroxylation is 1. The molecular formula is C9H12N2. The van der Waals surface area contributed by atoms with E-state index in [0.717, 1.165) is 17.7 Å². The number of hydrogen-bond acceptors (Lipinski definition) is 2. The van der Waals surface area contributed by atoms with Gasteiger partial charge in [-0.25, -0.2) is 4.98 Å². The van der Waals surface area contributed by atoms with Crippen molar-refractivity contribution in [2.24, 2.45) is 0 Å². The van der Waals surface area contributed by atoms with Crippen LogP contribution in [0.25, 0.3) is 6.08 Å². The van der Waals surface area contributed by atoms with Gasteiger partial charge in [-0.3, -0.25) is 0 Å². The summed E-state index contributed by atoms with van der Waals surface area (Å²) in [6.45, 7) is 5.67. The summed E-state index contributed by atoms with van der Waals surface area (Å²) in [5.74, 6) is 0.616. The van der Waals surface area contributed by atoms with E-state index < -0.39 is 0 Å². The summed E-state index contributed by atoms with van der Waals surface area (Å²) in [6, 6.07) is 3.90. The van der Waals surface area contributed by atoms with E-state index >= 15 is 0 Å². The molecule has 1 heterocycles. The topological polar surface area (TPSA) is 38.9 Å². The van der Waals surface area contributed by atoms with E-state index in [-0.39, 0.29) is 0 Å². The van der Waals surface area contributed by atoms with E-state index in [0.29, 0.717) is 5.82 Å². The van der Waals surface area contributed by atoms with Crippen molar-refractivity contribution >= 4 is 11.9 Å². The second kappa shape index (κ2) is 3.19. The van der Waals surface area contributed by atoms with Gasteiger partial charge in [-0.15, -0.1) is 0 Å². The zero-order chi connectivity index (χ0) is 8.27. The van der Waals surface area contributed by atoms with Crippen LogP contribution < -0.4 is 5.73 Å². The molecule has 1 rings (SSSR count). The van der Waals surface area contributed by atoms with Crippen LogP contribution in [0, 0.1) is 0 Å². The highest BCUT2D eigenvalue weighted by Crippen LogP contribution is 2.10. The third kappa shape index (κ3) is 1.58. The first-order chi connectivity index (χ1) is 5.27. The average molecular weight is 148 g/mol. The number of hydrogen-bond donors (Lipinski definition) is 1. The van der Waals surface area contributed by atoms with Gasteiger partial charge in [-0.05, 0) is 24.1 Å². The van der Waals surface area contributed by atoms with E-state index in [9.17, 15) is 0 Å². The number of nitrogen functional groups attached to an aromatic ring is 1. The van der Waals surface area contributed by atoms with Crippen LogP contribution in [-0.2, 0) is 6.42 Å². The highest BCUT2D eigenvalue weighted by molar-refractivity contribution is 5.49. The van der Waals surface area contributed by atoms with Gasteiger partial charge < -0.3 is 5.73 Å². The van der Waals surface area contributed by atoms with Crippen LogP contribution in [0.4, 0.5) is 5.82 Å². The molecule has 0 bridgehead atoms. The summed E-state index contributed by atoms with van der Waals surface area (Å²) in [5.41, 5.74) is 7.57. The Labute approximate surface area is 66.8 Å². The molecule has 58 valence electrons. The molecule has 2 nitrogen and oxygen atoms in total. The molecule has 2 N–H and O–H groups in total. The fraction of sp³-hybridized carbons (Fsp3) is 0.222. The first-order valence-corrected chi connectivity index (χ1v) is 3.65. The third-order valence-electron chi connectivity index (χ3n) is 1.62. The molecule has 2 heteroatoms. The summed E-state index contributed by atoms with van der Waals surface area (Å²) in [4.78, 5) is 4.12. The van der Waals surface area contributed by atoms with Gasteiger partial charge in [-0.1, -0.05) is 19.6 Å². The molecule has 0 atom stereocenters. The lowest BCUT2D eigenvalue weighted by atomic mass is 10.2. The minimum atomic E-state index is 0.616. The molecule has 11 heavy (non-hydrogen) atoms. The highest BCUT2D eigenvalue weighted by atomic mass is 14.8. The normalized spacial score (nSPS) is 9.55. The van der Waals surface area contributed by atoms with Crippen molar-refractivity contribution in [1.29, 1.82) is 0 Å². The zero-order valence-electron chi connectivity index (χ0n) is 6.67. The Morgan fingerprint density at radius 2 is 2.36 bits per heavy atom. The van der Waals surface area contributed by atoms with Crippen LogP contribution in [0.15, 0.2) is 18.7 Å². The lowest BCUT2D eigenvalue weighted by Gasteiger charge is -2.01. The van der Waals surface area contributed by atoms with E-state index in [2.05, 4.69) is 18.5 Å². The van der Waals surface area contributed by atoms with Crippen LogP contribution in [0.2, 0.25) is 0 Å². The SMILES string of the molecule is C=Cc1ccc(CC)c(N)n1. The second-order valence-electron chi connectivity index (χ2n) is 2.34. The molecule has 0 radical (unpaired) electrons. The van der Waals surface area contributed by atoms with Crippen LogP contribution >= 0.6 is 0 Å². The van der Waals surface area contributed by atoms with Crippen molar-refractivity contribution < 1.29 is 0 Å². The molecular weight excluding hydrogens is 136 g/mol. The number of rotatable bonds is 2. The Hall–Kier alpha value is -1.31. The first kappa shape index (κ1) is 7.79. The lowest BCUT2D eigenvalue weighted by molar-refractivity contribution is 1.11. The average Bonchev–Trinajstić information content (AvgIpc) is 2.04. The molecule has 1 aromatic rings. The van der Waals surface area contributed by atoms with Gasteiger partial charge >= 0.3 is 0 Å². The number of nitrogens with two attached hydrogens (primary N) is 1. The smallest absolute Gasteiger partial charge is 0.127 e. The van der Waals surface area contributed by atoms with E-state index in [1.54, 1.807) is 6.08 Å². The number of nitrogens with zero attached hydrogens (tertiary/aromatic N) is 1. The Balaban J connectivity index is 3.09. The largest absolute Gasteiger partial charge is 0.383 e.